The smallest absolute Gasteiger partial charge is 0.0994 e. The minimum Gasteiger partial charge on any atom is -0.192 e. The molecule has 0 saturated heterocycles. The van der Waals surface area contributed by atoms with Crippen molar-refractivity contribution in [3.05, 3.63) is 48.0 Å². The quantitative estimate of drug-likeness (QED) is 0.509. The number of hydrogen-bond acceptors (Lipinski definition) is 1. The first-order valence-corrected chi connectivity index (χ1v) is 4.97. The number of nitrogens with zero attached hydrogens (tertiary/aromatic N) is 1. The Bertz CT molecular complexity index is 333. The molecule has 1 aromatic carbocycles. The van der Waals surface area contributed by atoms with Gasteiger partial charge in [0.25, 0.3) is 0 Å². The maximum Gasteiger partial charge on any atom is 0.0994 e. The van der Waals surface area contributed by atoms with E-state index in [0.717, 1.165) is 31.2 Å². The summed E-state index contributed by atoms with van der Waals surface area (Å²) in [5, 5.41) is 8.85. The number of unbranched alkanes of at least 4 members (excludes halogenated alkanes) is 2. The van der Waals surface area contributed by atoms with Crippen molar-refractivity contribution in [3.8, 4) is 6.07 Å². The van der Waals surface area contributed by atoms with E-state index >= 15 is 0 Å². The number of nitriles is 1. The van der Waals surface area contributed by atoms with Crippen molar-refractivity contribution < 1.29 is 0 Å². The summed E-state index contributed by atoms with van der Waals surface area (Å²) in [4.78, 5) is 0. The Morgan fingerprint density at radius 2 is 2.07 bits per heavy atom. The van der Waals surface area contributed by atoms with Crippen molar-refractivity contribution in [3.63, 3.8) is 0 Å². The third-order valence-electron chi connectivity index (χ3n) is 2.24. The lowest BCUT2D eigenvalue weighted by molar-refractivity contribution is 0.747. The predicted molar refractivity (Wildman–Crippen MR) is 58.9 cm³/mol. The fourth-order valence-electron chi connectivity index (χ4n) is 1.45. The first-order chi connectivity index (χ1) is 6.88. The molecule has 72 valence electrons. The van der Waals surface area contributed by atoms with Crippen LogP contribution in [0.25, 0.3) is 0 Å². The summed E-state index contributed by atoms with van der Waals surface area (Å²) in [5.41, 5.74) is 1.98. The minimum atomic E-state index is 0.811. The highest BCUT2D eigenvalue weighted by atomic mass is 14.2. The summed E-state index contributed by atoms with van der Waals surface area (Å²) < 4.78 is 0. The van der Waals surface area contributed by atoms with Gasteiger partial charge in [-0.2, -0.15) is 5.26 Å². The van der Waals surface area contributed by atoms with Gasteiger partial charge in [0.1, 0.15) is 0 Å². The number of hydrogen-bond donors (Lipinski definition) is 0. The standard InChI is InChI=1S/C13H15N/c1-2-3-4-5-8-12-9-6-7-10-13(12)11-14/h2,6-7,9-10H,1,3-5,8H2. The van der Waals surface area contributed by atoms with Crippen LogP contribution in [0, 0.1) is 11.3 Å². The molecule has 0 aliphatic carbocycles. The molecule has 0 radical (unpaired) electrons. The Hall–Kier alpha value is -1.55. The van der Waals surface area contributed by atoms with Gasteiger partial charge in [-0.1, -0.05) is 24.3 Å². The molecule has 0 bridgehead atoms. The molecule has 0 unspecified atom stereocenters. The molecule has 0 fully saturated rings. The van der Waals surface area contributed by atoms with Gasteiger partial charge in [-0.3, -0.25) is 0 Å². The molecule has 1 heteroatoms. The van der Waals surface area contributed by atoms with E-state index in [1.54, 1.807) is 0 Å². The molecule has 0 N–H and O–H groups in total. The maximum atomic E-state index is 8.85. The third-order valence-corrected chi connectivity index (χ3v) is 2.24. The zero-order valence-corrected chi connectivity index (χ0v) is 8.37. The fourth-order valence-corrected chi connectivity index (χ4v) is 1.45. The van der Waals surface area contributed by atoms with Gasteiger partial charge in [-0.25, -0.2) is 0 Å². The molecular formula is C13H15N. The first kappa shape index (κ1) is 10.5. The van der Waals surface area contributed by atoms with Crippen molar-refractivity contribution in [2.75, 3.05) is 0 Å². The van der Waals surface area contributed by atoms with Gasteiger partial charge < -0.3 is 0 Å². The molecule has 0 aliphatic rings. The topological polar surface area (TPSA) is 23.8 Å². The Morgan fingerprint density at radius 1 is 1.29 bits per heavy atom. The molecule has 0 amide bonds. The Balaban J connectivity index is 2.50. The van der Waals surface area contributed by atoms with Crippen LogP contribution in [0.2, 0.25) is 0 Å². The third kappa shape index (κ3) is 3.06. The molecule has 0 atom stereocenters. The molecule has 1 nitrogen and oxygen atoms in total. The maximum absolute atomic E-state index is 8.85. The molecule has 14 heavy (non-hydrogen) atoms. The molecule has 0 heterocycles. The zero-order chi connectivity index (χ0) is 10.2. The minimum absolute atomic E-state index is 0.811. The lowest BCUT2D eigenvalue weighted by Crippen LogP contribution is -1.89. The van der Waals surface area contributed by atoms with Crippen LogP contribution in [0.15, 0.2) is 36.9 Å². The van der Waals surface area contributed by atoms with Crippen LogP contribution in [-0.2, 0) is 6.42 Å². The number of aryl methyl sites for hydroxylation is 1. The van der Waals surface area contributed by atoms with E-state index in [0.29, 0.717) is 0 Å². The van der Waals surface area contributed by atoms with Gasteiger partial charge in [0.2, 0.25) is 0 Å². The van der Waals surface area contributed by atoms with Crippen LogP contribution in [0.1, 0.15) is 30.4 Å². The van der Waals surface area contributed by atoms with Gasteiger partial charge in [0.15, 0.2) is 0 Å². The Morgan fingerprint density at radius 3 is 2.79 bits per heavy atom. The SMILES string of the molecule is C=CCCCCc1ccccc1C#N. The van der Waals surface area contributed by atoms with Gasteiger partial charge in [0.05, 0.1) is 11.6 Å². The van der Waals surface area contributed by atoms with Gasteiger partial charge in [-0.05, 0) is 37.3 Å². The van der Waals surface area contributed by atoms with Gasteiger partial charge in [-0.15, -0.1) is 6.58 Å². The van der Waals surface area contributed by atoms with Crippen LogP contribution in [0.5, 0.6) is 0 Å². The molecule has 0 aliphatic heterocycles. The number of rotatable bonds is 5. The van der Waals surface area contributed by atoms with Crippen molar-refractivity contribution >= 4 is 0 Å². The lowest BCUT2D eigenvalue weighted by Gasteiger charge is -2.02. The second-order valence-corrected chi connectivity index (χ2v) is 3.30. The van der Waals surface area contributed by atoms with E-state index < -0.39 is 0 Å². The van der Waals surface area contributed by atoms with E-state index in [4.69, 9.17) is 5.26 Å². The van der Waals surface area contributed by atoms with Gasteiger partial charge >= 0.3 is 0 Å². The van der Waals surface area contributed by atoms with Crippen molar-refractivity contribution in [1.29, 1.82) is 5.26 Å². The fraction of sp³-hybridized carbons (Fsp3) is 0.308. The highest BCUT2D eigenvalue weighted by Gasteiger charge is 1.99. The van der Waals surface area contributed by atoms with Crippen molar-refractivity contribution in [1.82, 2.24) is 0 Å². The van der Waals surface area contributed by atoms with Crippen LogP contribution >= 0.6 is 0 Å². The molecule has 1 aromatic rings. The van der Waals surface area contributed by atoms with Crippen molar-refractivity contribution in [2.45, 2.75) is 25.7 Å². The monoisotopic (exact) mass is 185 g/mol. The highest BCUT2D eigenvalue weighted by Crippen LogP contribution is 2.11. The van der Waals surface area contributed by atoms with E-state index in [2.05, 4.69) is 12.6 Å². The molecule has 0 saturated carbocycles. The summed E-state index contributed by atoms with van der Waals surface area (Å²) in [7, 11) is 0. The number of benzene rings is 1. The van der Waals surface area contributed by atoms with Crippen LogP contribution in [0.4, 0.5) is 0 Å². The molecular weight excluding hydrogens is 170 g/mol. The van der Waals surface area contributed by atoms with E-state index in [9.17, 15) is 0 Å². The second-order valence-electron chi connectivity index (χ2n) is 3.30. The average molecular weight is 185 g/mol. The van der Waals surface area contributed by atoms with Crippen LogP contribution < -0.4 is 0 Å². The molecule has 1 rings (SSSR count). The summed E-state index contributed by atoms with van der Waals surface area (Å²) >= 11 is 0. The second kappa shape index (κ2) is 5.99. The Kier molecular flexibility index (Phi) is 4.50. The van der Waals surface area contributed by atoms with E-state index in [1.165, 1.54) is 5.56 Å². The summed E-state index contributed by atoms with van der Waals surface area (Å²) in [6.45, 7) is 3.69. The normalized spacial score (nSPS) is 9.36. The largest absolute Gasteiger partial charge is 0.192 e. The zero-order valence-electron chi connectivity index (χ0n) is 8.37. The number of allylic oxidation sites excluding steroid dienone is 1. The molecule has 0 spiro atoms. The van der Waals surface area contributed by atoms with E-state index in [1.807, 2.05) is 30.3 Å². The summed E-state index contributed by atoms with van der Waals surface area (Å²) in [6.07, 6.45) is 6.29. The summed E-state index contributed by atoms with van der Waals surface area (Å²) in [6, 6.07) is 10.0. The van der Waals surface area contributed by atoms with Crippen molar-refractivity contribution in [2.24, 2.45) is 0 Å². The van der Waals surface area contributed by atoms with Crippen LogP contribution in [-0.4, -0.2) is 0 Å². The van der Waals surface area contributed by atoms with E-state index in [-0.39, 0.29) is 0 Å². The molecule has 0 aromatic heterocycles. The van der Waals surface area contributed by atoms with Crippen LogP contribution in [0.3, 0.4) is 0 Å². The highest BCUT2D eigenvalue weighted by molar-refractivity contribution is 5.37. The Labute approximate surface area is 85.7 Å². The first-order valence-electron chi connectivity index (χ1n) is 4.97. The van der Waals surface area contributed by atoms with Gasteiger partial charge in [0, 0.05) is 0 Å². The average Bonchev–Trinajstić information content (AvgIpc) is 2.25. The lowest BCUT2D eigenvalue weighted by atomic mass is 10.0. The predicted octanol–water partition coefficient (Wildman–Crippen LogP) is 3.46. The summed E-state index contributed by atoms with van der Waals surface area (Å²) in [5.74, 6) is 0.